The average Bonchev–Trinajstić information content (AvgIpc) is 1.70. The minimum atomic E-state index is -1.88. The lowest BCUT2D eigenvalue weighted by molar-refractivity contribution is -0.163. The number of amides is 3. The zero-order chi connectivity index (χ0) is 62.5. The molecule has 1 aromatic rings. The van der Waals surface area contributed by atoms with Crippen molar-refractivity contribution in [3.63, 3.8) is 0 Å². The number of nitrogens with zero attached hydrogens (tertiary/aromatic N) is 1. The number of fused-ring (bicyclic) bond motifs is 5. The molecule has 470 valence electrons. The van der Waals surface area contributed by atoms with Crippen molar-refractivity contribution in [2.75, 3.05) is 41.0 Å². The van der Waals surface area contributed by atoms with E-state index >= 15 is 0 Å². The van der Waals surface area contributed by atoms with Gasteiger partial charge in [0.1, 0.15) is 72.4 Å². The molecule has 0 radical (unpaired) electrons. The smallest absolute Gasteiger partial charge is 0.409 e. The summed E-state index contributed by atoms with van der Waals surface area (Å²) < 4.78 is 47.2. The molecule has 0 aromatic heterocycles. The minimum Gasteiger partial charge on any atom is -0.496 e. The highest BCUT2D eigenvalue weighted by molar-refractivity contribution is 6.10. The molecule has 2 heterocycles. The van der Waals surface area contributed by atoms with Crippen LogP contribution in [0.2, 0.25) is 0 Å². The van der Waals surface area contributed by atoms with Crippen LogP contribution in [0.15, 0.2) is 48.1 Å². The molecule has 3 amide bonds. The van der Waals surface area contributed by atoms with E-state index < -0.39 is 119 Å². The number of rotatable bonds is 21. The van der Waals surface area contributed by atoms with Gasteiger partial charge in [0, 0.05) is 57.7 Å². The summed E-state index contributed by atoms with van der Waals surface area (Å²) in [5, 5.41) is 17.2. The van der Waals surface area contributed by atoms with E-state index in [4.69, 9.17) is 37.9 Å². The predicted molar refractivity (Wildman–Crippen MR) is 311 cm³/mol. The number of ether oxygens (including phenoxy) is 8. The maximum atomic E-state index is 14.5. The van der Waals surface area contributed by atoms with Gasteiger partial charge in [-0.05, 0) is 108 Å². The zero-order valence-corrected chi connectivity index (χ0v) is 51.7. The second-order valence-electron chi connectivity index (χ2n) is 24.1. The molecule has 15 atom stereocenters. The summed E-state index contributed by atoms with van der Waals surface area (Å²) in [4.78, 5) is 121. The molecule has 2 saturated heterocycles. The first-order valence-corrected chi connectivity index (χ1v) is 30.2. The van der Waals surface area contributed by atoms with Crippen LogP contribution in [-0.2, 0) is 77.9 Å². The first kappa shape index (κ1) is 67.8. The average molecular weight is 1190 g/mol. The number of allylic oxidation sites excluding steroid dienone is 4. The summed E-state index contributed by atoms with van der Waals surface area (Å²) in [7, 11) is 4.40. The summed E-state index contributed by atoms with van der Waals surface area (Å²) in [5.74, 6) is -6.15. The Kier molecular flexibility index (Phi) is 24.2. The van der Waals surface area contributed by atoms with Crippen LogP contribution >= 0.6 is 0 Å². The Morgan fingerprint density at radius 3 is 2.33 bits per heavy atom. The Hall–Kier alpha value is -6.29. The van der Waals surface area contributed by atoms with Crippen LogP contribution in [0.4, 0.5) is 4.79 Å². The highest BCUT2D eigenvalue weighted by atomic mass is 16.7. The molecule has 5 aliphatic rings. The summed E-state index contributed by atoms with van der Waals surface area (Å²) in [5.41, 5.74) is 0.172. The number of ketones is 3. The SMILES string of the molecule is CCC1CC(=O)C(CCNC(=O)COC2CCCC/C=C/C2OC(=O)C(C)CCC(C)C(=O)OCCC(=O)N(C)[C@@H](C)C(=O)O[C@H]2CC(=O)C(C)c3cc(cc(OC)c3C)C/C(C)=C/C=C/C(OC)C3(O)C[C@H](OC(=O)N3)[C@@H](C)[C@@H]3O[C@@]23C)C1=O. The van der Waals surface area contributed by atoms with Gasteiger partial charge in [-0.15, -0.1) is 0 Å². The number of esters is 3. The number of epoxide rings is 1. The number of likely N-dealkylation sites (N-methyl/N-ethyl adjacent to an activating group) is 1. The van der Waals surface area contributed by atoms with Gasteiger partial charge in [0.15, 0.2) is 5.72 Å². The van der Waals surface area contributed by atoms with Crippen molar-refractivity contribution >= 4 is 53.2 Å². The van der Waals surface area contributed by atoms with E-state index in [0.717, 1.165) is 41.5 Å². The van der Waals surface area contributed by atoms with Gasteiger partial charge in [0.25, 0.3) is 0 Å². The third kappa shape index (κ3) is 17.5. The van der Waals surface area contributed by atoms with Gasteiger partial charge in [-0.1, -0.05) is 77.0 Å². The number of nitrogens with one attached hydrogen (secondary N) is 2. The lowest BCUT2D eigenvalue weighted by atomic mass is 9.82. The number of hydrogen-bond acceptors (Lipinski definition) is 18. The van der Waals surface area contributed by atoms with E-state index in [2.05, 4.69) is 10.6 Å². The van der Waals surface area contributed by atoms with Crippen molar-refractivity contribution in [1.29, 1.82) is 0 Å². The lowest BCUT2D eigenvalue weighted by Crippen LogP contribution is -2.63. The van der Waals surface area contributed by atoms with Gasteiger partial charge < -0.3 is 53.2 Å². The van der Waals surface area contributed by atoms with Gasteiger partial charge in [0.2, 0.25) is 11.8 Å². The van der Waals surface area contributed by atoms with Gasteiger partial charge >= 0.3 is 24.0 Å². The molecule has 3 N–H and O–H groups in total. The molecular weight excluding hydrogens is 1100 g/mol. The molecule has 6 rings (SSSR count). The number of Topliss-reactive ketones (excluding diaryl/α,β-unsaturated/α-hetero) is 3. The summed E-state index contributed by atoms with van der Waals surface area (Å²) in [6.45, 7) is 15.4. The Morgan fingerprint density at radius 2 is 1.65 bits per heavy atom. The van der Waals surface area contributed by atoms with Crippen molar-refractivity contribution in [3.8, 4) is 5.75 Å². The second kappa shape index (κ2) is 30.4. The first-order valence-electron chi connectivity index (χ1n) is 30.2. The number of carbonyl (C=O) groups is 9. The standard InChI is InChI=1S/C64H91N3O18/c1-13-44-32-48(69)45(57(44)72)25-27-65-55(70)35-81-49-20-16-14-15-17-21-50(49)82-60(74)38(4)24-23-37(3)59(73)80-28-26-56(71)67(10)42(8)61(75)84-54-33-47(68)39(5)46-30-43(31-51(78-11)40(46)6)29-36(2)19-18-22-53(79-12)64(77)34-52(83-62(76)66-64)41(7)58-63(54,9)85-58/h17-19,21-22,30-31,37-39,41-42,44-45,49-50,52-54,58,77H,13-16,20,23-29,32-35H2,1-12H3,(H,65,70)(H,66,76)/b21-17+,22-18+,36-19+/t37?,38?,39?,41-,42+,44?,45?,49?,50?,52+,53?,54+,58+,63+,64?/m1/s1. The molecule has 0 spiro atoms. The molecule has 21 nitrogen and oxygen atoms in total. The number of carbonyl (C=O) groups excluding carboxylic acids is 9. The normalized spacial score (nSPS) is 31.3. The summed E-state index contributed by atoms with van der Waals surface area (Å²) >= 11 is 0. The van der Waals surface area contributed by atoms with Crippen LogP contribution in [0.1, 0.15) is 155 Å². The number of hydrogen-bond donors (Lipinski definition) is 3. The van der Waals surface area contributed by atoms with Crippen molar-refractivity contribution in [2.24, 2.45) is 29.6 Å². The fraction of sp³-hybridized carbons (Fsp3) is 0.672. The van der Waals surface area contributed by atoms with E-state index in [1.54, 1.807) is 60.0 Å². The molecule has 9 unspecified atom stereocenters. The van der Waals surface area contributed by atoms with E-state index in [-0.39, 0.29) is 88.0 Å². The Bertz CT molecular complexity index is 2700. The zero-order valence-electron chi connectivity index (χ0n) is 51.7. The summed E-state index contributed by atoms with van der Waals surface area (Å²) in [6, 6.07) is 2.71. The first-order chi connectivity index (χ1) is 40.2. The fourth-order valence-corrected chi connectivity index (χ4v) is 11.9. The highest BCUT2D eigenvalue weighted by Crippen LogP contribution is 2.49. The Morgan fingerprint density at radius 1 is 0.929 bits per heavy atom. The van der Waals surface area contributed by atoms with Gasteiger partial charge in [0.05, 0.1) is 43.5 Å². The summed E-state index contributed by atoms with van der Waals surface area (Å²) in [6.07, 6.45) is 7.49. The maximum absolute atomic E-state index is 14.5. The van der Waals surface area contributed by atoms with Crippen LogP contribution in [-0.4, -0.2) is 158 Å². The fourth-order valence-electron chi connectivity index (χ4n) is 11.9. The van der Waals surface area contributed by atoms with Crippen molar-refractivity contribution in [3.05, 3.63) is 64.8 Å². The van der Waals surface area contributed by atoms with Gasteiger partial charge in [-0.25, -0.2) is 9.59 Å². The molecule has 1 saturated carbocycles. The maximum Gasteiger partial charge on any atom is 0.409 e. The molecule has 2 aliphatic heterocycles. The monoisotopic (exact) mass is 1190 g/mol. The van der Waals surface area contributed by atoms with E-state index in [0.29, 0.717) is 25.0 Å². The molecule has 21 heteroatoms. The topological polar surface area (TPSA) is 278 Å². The predicted octanol–water partition coefficient (Wildman–Crippen LogP) is 6.98. The Labute approximate surface area is 500 Å². The lowest BCUT2D eigenvalue weighted by Gasteiger charge is -2.42. The van der Waals surface area contributed by atoms with E-state index in [1.165, 1.54) is 26.0 Å². The molecule has 4 bridgehead atoms. The van der Waals surface area contributed by atoms with Crippen LogP contribution in [0, 0.1) is 36.5 Å². The number of alkyl carbamates (subject to hydrolysis) is 1. The number of aliphatic hydroxyl groups is 1. The molecule has 1 aromatic carbocycles. The highest BCUT2D eigenvalue weighted by Gasteiger charge is 2.64. The molecule has 85 heavy (non-hydrogen) atoms. The van der Waals surface area contributed by atoms with E-state index in [1.807, 2.05) is 45.1 Å². The quantitative estimate of drug-likeness (QED) is 0.0368. The van der Waals surface area contributed by atoms with Gasteiger partial charge in [-0.2, -0.15) is 0 Å². The molecular formula is C64H91N3O18. The Balaban J connectivity index is 1.02. The van der Waals surface area contributed by atoms with Gasteiger partial charge in [-0.3, -0.25) is 38.9 Å². The third-order valence-corrected chi connectivity index (χ3v) is 17.9. The minimum absolute atomic E-state index is 0.0611. The van der Waals surface area contributed by atoms with Crippen LogP contribution in [0.5, 0.6) is 5.75 Å². The number of methoxy groups -OCH3 is 2. The van der Waals surface area contributed by atoms with Crippen LogP contribution in [0.25, 0.3) is 0 Å². The van der Waals surface area contributed by atoms with Crippen LogP contribution < -0.4 is 15.4 Å². The second-order valence-corrected chi connectivity index (χ2v) is 24.1. The van der Waals surface area contributed by atoms with Crippen molar-refractivity contribution < 1.29 is 86.2 Å². The van der Waals surface area contributed by atoms with Crippen LogP contribution in [0.3, 0.4) is 0 Å². The third-order valence-electron chi connectivity index (χ3n) is 17.9. The van der Waals surface area contributed by atoms with E-state index in [9.17, 15) is 48.3 Å². The number of benzene rings is 1. The van der Waals surface area contributed by atoms with Crippen molar-refractivity contribution in [2.45, 2.75) is 206 Å². The molecule has 3 aliphatic carbocycles. The largest absolute Gasteiger partial charge is 0.496 e. The molecule has 3 fully saturated rings. The van der Waals surface area contributed by atoms with Crippen molar-refractivity contribution in [1.82, 2.24) is 15.5 Å².